The normalized spacial score (nSPS) is 12.1. The number of carbonyl (C=O) groups is 1. The van der Waals surface area contributed by atoms with Crippen molar-refractivity contribution in [3.05, 3.63) is 41.4 Å². The molecule has 20 heavy (non-hydrogen) atoms. The maximum atomic E-state index is 12.0. The molecule has 106 valence electrons. The van der Waals surface area contributed by atoms with E-state index in [0.29, 0.717) is 12.2 Å². The Morgan fingerprint density at radius 2 is 2.10 bits per heavy atom. The van der Waals surface area contributed by atoms with Gasteiger partial charge in [0.2, 0.25) is 0 Å². The van der Waals surface area contributed by atoms with Gasteiger partial charge in [-0.2, -0.15) is 0 Å². The maximum Gasteiger partial charge on any atom is 0.270 e. The van der Waals surface area contributed by atoms with Gasteiger partial charge in [-0.15, -0.1) is 11.3 Å². The predicted octanol–water partition coefficient (Wildman–Crippen LogP) is 2.54. The second-order valence-electron chi connectivity index (χ2n) is 4.57. The van der Waals surface area contributed by atoms with Crippen LogP contribution in [0.1, 0.15) is 24.3 Å². The first-order valence-electron chi connectivity index (χ1n) is 6.73. The number of nitrogens with one attached hydrogen (secondary N) is 2. The van der Waals surface area contributed by atoms with Crippen molar-refractivity contribution in [1.82, 2.24) is 15.6 Å². The number of hydrogen-bond donors (Lipinski definition) is 2. The average molecular weight is 289 g/mol. The van der Waals surface area contributed by atoms with Crippen LogP contribution in [0.4, 0.5) is 0 Å². The van der Waals surface area contributed by atoms with Crippen molar-refractivity contribution >= 4 is 17.2 Å². The minimum absolute atomic E-state index is 0.117. The highest BCUT2D eigenvalue weighted by atomic mass is 32.1. The summed E-state index contributed by atoms with van der Waals surface area (Å²) in [6.07, 6.45) is 0. The Balaban J connectivity index is 1.97. The molecule has 2 rings (SSSR count). The number of benzene rings is 1. The molecule has 0 saturated heterocycles. The first-order valence-corrected chi connectivity index (χ1v) is 7.61. The molecule has 0 radical (unpaired) electrons. The molecule has 0 fully saturated rings. The summed E-state index contributed by atoms with van der Waals surface area (Å²) in [6, 6.07) is 10.1. The minimum Gasteiger partial charge on any atom is -0.349 e. The summed E-state index contributed by atoms with van der Waals surface area (Å²) in [5.74, 6) is -0.117. The second kappa shape index (κ2) is 7.17. The molecular weight excluding hydrogens is 270 g/mol. The Kier molecular flexibility index (Phi) is 5.26. The van der Waals surface area contributed by atoms with Crippen LogP contribution in [-0.2, 0) is 0 Å². The predicted molar refractivity (Wildman–Crippen MR) is 83.0 cm³/mol. The standard InChI is InChI=1S/C15H19N3OS/c1-3-16-11(2)9-17-14(19)13-10-20-15(18-13)12-7-5-4-6-8-12/h4-8,10-11,16H,3,9H2,1-2H3,(H,17,19)/t11-/m1/s1. The van der Waals surface area contributed by atoms with Gasteiger partial charge in [0.1, 0.15) is 10.7 Å². The van der Waals surface area contributed by atoms with E-state index in [-0.39, 0.29) is 11.9 Å². The first-order chi connectivity index (χ1) is 9.70. The summed E-state index contributed by atoms with van der Waals surface area (Å²) >= 11 is 1.49. The van der Waals surface area contributed by atoms with Gasteiger partial charge in [-0.3, -0.25) is 4.79 Å². The molecule has 0 saturated carbocycles. The second-order valence-corrected chi connectivity index (χ2v) is 5.43. The van der Waals surface area contributed by atoms with Crippen molar-refractivity contribution in [2.75, 3.05) is 13.1 Å². The van der Waals surface area contributed by atoms with Gasteiger partial charge >= 0.3 is 0 Å². The smallest absolute Gasteiger partial charge is 0.270 e. The van der Waals surface area contributed by atoms with E-state index in [2.05, 4.69) is 15.6 Å². The van der Waals surface area contributed by atoms with Crippen LogP contribution in [0.3, 0.4) is 0 Å². The number of thiazole rings is 1. The Labute approximate surface area is 123 Å². The lowest BCUT2D eigenvalue weighted by Gasteiger charge is -2.12. The van der Waals surface area contributed by atoms with Gasteiger partial charge in [0, 0.05) is 23.5 Å². The zero-order chi connectivity index (χ0) is 14.4. The van der Waals surface area contributed by atoms with Crippen LogP contribution < -0.4 is 10.6 Å². The van der Waals surface area contributed by atoms with E-state index in [1.807, 2.05) is 44.2 Å². The summed E-state index contributed by atoms with van der Waals surface area (Å²) < 4.78 is 0. The Morgan fingerprint density at radius 3 is 2.80 bits per heavy atom. The van der Waals surface area contributed by atoms with Gasteiger partial charge in [0.25, 0.3) is 5.91 Å². The van der Waals surface area contributed by atoms with Crippen LogP contribution in [-0.4, -0.2) is 30.0 Å². The molecule has 0 aliphatic heterocycles. The van der Waals surface area contributed by atoms with E-state index in [4.69, 9.17) is 0 Å². The average Bonchev–Trinajstić information content (AvgIpc) is 2.96. The van der Waals surface area contributed by atoms with Crippen molar-refractivity contribution < 1.29 is 4.79 Å². The summed E-state index contributed by atoms with van der Waals surface area (Å²) in [5.41, 5.74) is 1.52. The van der Waals surface area contributed by atoms with Crippen molar-refractivity contribution in [2.24, 2.45) is 0 Å². The Bertz CT molecular complexity index is 553. The molecular formula is C15H19N3OS. The van der Waals surface area contributed by atoms with Crippen LogP contribution in [0.25, 0.3) is 10.6 Å². The number of aromatic nitrogens is 1. The van der Waals surface area contributed by atoms with Gasteiger partial charge < -0.3 is 10.6 Å². The minimum atomic E-state index is -0.117. The van der Waals surface area contributed by atoms with E-state index in [9.17, 15) is 4.79 Å². The van der Waals surface area contributed by atoms with Gasteiger partial charge in [-0.05, 0) is 13.5 Å². The van der Waals surface area contributed by atoms with Crippen LogP contribution in [0.2, 0.25) is 0 Å². The van der Waals surface area contributed by atoms with Crippen LogP contribution >= 0.6 is 11.3 Å². The summed E-state index contributed by atoms with van der Waals surface area (Å²) in [6.45, 7) is 5.59. The van der Waals surface area contributed by atoms with Crippen molar-refractivity contribution in [3.8, 4) is 10.6 Å². The van der Waals surface area contributed by atoms with E-state index in [1.54, 1.807) is 5.38 Å². The maximum absolute atomic E-state index is 12.0. The fraction of sp³-hybridized carbons (Fsp3) is 0.333. The monoisotopic (exact) mass is 289 g/mol. The largest absolute Gasteiger partial charge is 0.349 e. The highest BCUT2D eigenvalue weighted by molar-refractivity contribution is 7.13. The van der Waals surface area contributed by atoms with E-state index in [1.165, 1.54) is 11.3 Å². The molecule has 0 spiro atoms. The Hall–Kier alpha value is -1.72. The van der Waals surface area contributed by atoms with E-state index >= 15 is 0 Å². The zero-order valence-corrected chi connectivity index (χ0v) is 12.5. The van der Waals surface area contributed by atoms with Gasteiger partial charge in [-0.25, -0.2) is 4.98 Å². The van der Waals surface area contributed by atoms with Crippen LogP contribution in [0, 0.1) is 0 Å². The summed E-state index contributed by atoms with van der Waals surface area (Å²) in [5, 5.41) is 8.81. The first kappa shape index (κ1) is 14.7. The number of rotatable bonds is 6. The topological polar surface area (TPSA) is 54.0 Å². The molecule has 1 amide bonds. The highest BCUT2D eigenvalue weighted by Crippen LogP contribution is 2.23. The van der Waals surface area contributed by atoms with Gasteiger partial charge in [0.05, 0.1) is 0 Å². The van der Waals surface area contributed by atoms with Crippen LogP contribution in [0.5, 0.6) is 0 Å². The van der Waals surface area contributed by atoms with Crippen molar-refractivity contribution in [2.45, 2.75) is 19.9 Å². The third kappa shape index (κ3) is 3.88. The lowest BCUT2D eigenvalue weighted by Crippen LogP contribution is -2.38. The van der Waals surface area contributed by atoms with Gasteiger partial charge in [0.15, 0.2) is 0 Å². The summed E-state index contributed by atoms with van der Waals surface area (Å²) in [4.78, 5) is 16.4. The quantitative estimate of drug-likeness (QED) is 0.859. The SMILES string of the molecule is CCN[C@H](C)CNC(=O)c1csc(-c2ccccc2)n1. The third-order valence-electron chi connectivity index (χ3n) is 2.88. The molecule has 1 heterocycles. The van der Waals surface area contributed by atoms with E-state index in [0.717, 1.165) is 17.1 Å². The number of likely N-dealkylation sites (N-methyl/N-ethyl adjacent to an activating group) is 1. The molecule has 2 aromatic rings. The highest BCUT2D eigenvalue weighted by Gasteiger charge is 2.12. The van der Waals surface area contributed by atoms with Crippen molar-refractivity contribution in [3.63, 3.8) is 0 Å². The number of amides is 1. The van der Waals surface area contributed by atoms with Crippen LogP contribution in [0.15, 0.2) is 35.7 Å². The molecule has 0 aliphatic rings. The molecule has 2 N–H and O–H groups in total. The Morgan fingerprint density at radius 1 is 1.35 bits per heavy atom. The van der Waals surface area contributed by atoms with Gasteiger partial charge in [-0.1, -0.05) is 37.3 Å². The molecule has 5 heteroatoms. The van der Waals surface area contributed by atoms with Crippen molar-refractivity contribution in [1.29, 1.82) is 0 Å². The number of carbonyl (C=O) groups excluding carboxylic acids is 1. The molecule has 4 nitrogen and oxygen atoms in total. The summed E-state index contributed by atoms with van der Waals surface area (Å²) in [7, 11) is 0. The molecule has 1 aromatic heterocycles. The lowest BCUT2D eigenvalue weighted by molar-refractivity contribution is 0.0946. The molecule has 0 unspecified atom stereocenters. The number of nitrogens with zero attached hydrogens (tertiary/aromatic N) is 1. The third-order valence-corrected chi connectivity index (χ3v) is 3.77. The van der Waals surface area contributed by atoms with E-state index < -0.39 is 0 Å². The number of hydrogen-bond acceptors (Lipinski definition) is 4. The molecule has 1 aromatic carbocycles. The fourth-order valence-corrected chi connectivity index (χ4v) is 2.65. The lowest BCUT2D eigenvalue weighted by atomic mass is 10.2. The molecule has 1 atom stereocenters. The molecule has 0 aliphatic carbocycles. The molecule has 0 bridgehead atoms. The fourth-order valence-electron chi connectivity index (χ4n) is 1.85. The zero-order valence-electron chi connectivity index (χ0n) is 11.7.